The monoisotopic (exact) mass is 428 g/mol. The van der Waals surface area contributed by atoms with Crippen LogP contribution in [-0.2, 0) is 21.9 Å². The first kappa shape index (κ1) is 23.3. The van der Waals surface area contributed by atoms with E-state index in [-0.39, 0.29) is 18.6 Å². The first-order valence-corrected chi connectivity index (χ1v) is 8.91. The lowest BCUT2D eigenvalue weighted by Gasteiger charge is -2.19. The summed E-state index contributed by atoms with van der Waals surface area (Å²) in [6.45, 7) is 1.77. The summed E-state index contributed by atoms with van der Waals surface area (Å²) >= 11 is 0. The largest absolute Gasteiger partial charge is 0.466 e. The van der Waals surface area contributed by atoms with Gasteiger partial charge in [0.2, 0.25) is 0 Å². The Morgan fingerprint density at radius 1 is 0.867 bits per heavy atom. The van der Waals surface area contributed by atoms with Gasteiger partial charge >= 0.3 is 18.3 Å². The fourth-order valence-electron chi connectivity index (χ4n) is 2.80. The van der Waals surface area contributed by atoms with Crippen LogP contribution in [0.15, 0.2) is 66.8 Å². The number of alkyl halides is 6. The van der Waals surface area contributed by atoms with Gasteiger partial charge in [-0.05, 0) is 35.8 Å². The molecule has 0 aliphatic carbocycles. The smallest absolute Gasteiger partial charge is 0.417 e. The van der Waals surface area contributed by atoms with E-state index in [1.165, 1.54) is 24.3 Å². The Balaban J connectivity index is 2.64. The number of rotatable bonds is 6. The molecule has 0 saturated heterocycles. The third kappa shape index (κ3) is 5.98. The van der Waals surface area contributed by atoms with Gasteiger partial charge in [0.15, 0.2) is 0 Å². The molecule has 2 aromatic rings. The lowest BCUT2D eigenvalue weighted by molar-refractivity contribution is -0.142. The zero-order valence-corrected chi connectivity index (χ0v) is 15.8. The molecule has 2 nitrogen and oxygen atoms in total. The summed E-state index contributed by atoms with van der Waals surface area (Å²) in [6.07, 6.45) is -6.01. The molecular weight excluding hydrogens is 410 g/mol. The van der Waals surface area contributed by atoms with Crippen molar-refractivity contribution in [3.63, 3.8) is 0 Å². The van der Waals surface area contributed by atoms with Gasteiger partial charge in [-0.3, -0.25) is 4.79 Å². The summed E-state index contributed by atoms with van der Waals surface area (Å²) in [7, 11) is 0. The Labute approximate surface area is 169 Å². The normalized spacial score (nSPS) is 12.1. The quantitative estimate of drug-likeness (QED) is 0.292. The van der Waals surface area contributed by atoms with E-state index in [2.05, 4.69) is 0 Å². The lowest BCUT2D eigenvalue weighted by atomic mass is 9.90. The lowest BCUT2D eigenvalue weighted by Crippen LogP contribution is -2.12. The van der Waals surface area contributed by atoms with E-state index >= 15 is 0 Å². The van der Waals surface area contributed by atoms with Crippen LogP contribution < -0.4 is 0 Å². The molecule has 0 aliphatic rings. The van der Waals surface area contributed by atoms with E-state index in [0.717, 1.165) is 42.5 Å². The number of carbonyl (C=O) groups excluding carboxylic acids is 1. The minimum Gasteiger partial charge on any atom is -0.466 e. The molecule has 0 radical (unpaired) electrons. The second kappa shape index (κ2) is 9.65. The number of hydrogen-bond donors (Lipinski definition) is 0. The van der Waals surface area contributed by atoms with Gasteiger partial charge in [-0.1, -0.05) is 54.6 Å². The maximum atomic E-state index is 13.5. The van der Waals surface area contributed by atoms with Gasteiger partial charge in [0, 0.05) is 0 Å². The summed E-state index contributed by atoms with van der Waals surface area (Å²) in [4.78, 5) is 11.4. The van der Waals surface area contributed by atoms with Crippen molar-refractivity contribution in [1.29, 1.82) is 0 Å². The summed E-state index contributed by atoms with van der Waals surface area (Å²) in [5, 5.41) is 0. The Morgan fingerprint density at radius 2 is 1.33 bits per heavy atom. The second-order valence-electron chi connectivity index (χ2n) is 6.10. The SMILES string of the molecule is CCOC(=O)C/C=C/C=C(c1ccccc1C(F)(F)F)c1ccccc1C(F)(F)F. The highest BCUT2D eigenvalue weighted by Gasteiger charge is 2.37. The zero-order valence-electron chi connectivity index (χ0n) is 15.8. The second-order valence-corrected chi connectivity index (χ2v) is 6.10. The first-order valence-electron chi connectivity index (χ1n) is 8.91. The van der Waals surface area contributed by atoms with Crippen molar-refractivity contribution in [2.45, 2.75) is 25.7 Å². The topological polar surface area (TPSA) is 26.3 Å². The molecule has 8 heteroatoms. The molecule has 0 unspecified atom stereocenters. The van der Waals surface area contributed by atoms with Crippen LogP contribution in [0.5, 0.6) is 0 Å². The molecule has 0 atom stereocenters. The van der Waals surface area contributed by atoms with Gasteiger partial charge in [-0.2, -0.15) is 26.3 Å². The number of allylic oxidation sites excluding steroid dienone is 2. The third-order valence-electron chi connectivity index (χ3n) is 4.03. The highest BCUT2D eigenvalue weighted by Crippen LogP contribution is 2.41. The standard InChI is InChI=1S/C22H18F6O2/c1-2-30-20(29)14-8-5-9-15(16-10-3-6-12-18(16)21(23,24)25)17-11-4-7-13-19(17)22(26,27)28/h3-13H,2,14H2,1H3/b8-5+. The van der Waals surface area contributed by atoms with Crippen LogP contribution in [0.3, 0.4) is 0 Å². The highest BCUT2D eigenvalue weighted by atomic mass is 19.4. The maximum absolute atomic E-state index is 13.5. The molecule has 0 aliphatic heterocycles. The Kier molecular flexibility index (Phi) is 7.48. The molecule has 2 aromatic carbocycles. The van der Waals surface area contributed by atoms with Gasteiger partial charge in [-0.15, -0.1) is 0 Å². The molecule has 0 bridgehead atoms. The minimum absolute atomic E-state index is 0.158. The van der Waals surface area contributed by atoms with E-state index in [0.29, 0.717) is 0 Å². The van der Waals surface area contributed by atoms with Gasteiger partial charge in [-0.25, -0.2) is 0 Å². The molecule has 30 heavy (non-hydrogen) atoms. The highest BCUT2D eigenvalue weighted by molar-refractivity contribution is 5.84. The first-order chi connectivity index (χ1) is 14.1. The average molecular weight is 428 g/mol. The molecule has 0 amide bonds. The maximum Gasteiger partial charge on any atom is 0.417 e. The molecular formula is C22H18F6O2. The van der Waals surface area contributed by atoms with Crippen molar-refractivity contribution >= 4 is 11.5 Å². The van der Waals surface area contributed by atoms with Crippen LogP contribution in [-0.4, -0.2) is 12.6 Å². The number of esters is 1. The van der Waals surface area contributed by atoms with Crippen LogP contribution in [0, 0.1) is 0 Å². The van der Waals surface area contributed by atoms with Gasteiger partial charge in [0.25, 0.3) is 0 Å². The van der Waals surface area contributed by atoms with Crippen LogP contribution in [0.25, 0.3) is 5.57 Å². The average Bonchev–Trinajstić information content (AvgIpc) is 2.67. The summed E-state index contributed by atoms with van der Waals surface area (Å²) in [5.74, 6) is -0.560. The van der Waals surface area contributed by atoms with Crippen LogP contribution in [0.4, 0.5) is 26.3 Å². The molecule has 0 heterocycles. The van der Waals surface area contributed by atoms with Gasteiger partial charge in [0.05, 0.1) is 24.2 Å². The number of hydrogen-bond acceptors (Lipinski definition) is 2. The van der Waals surface area contributed by atoms with Gasteiger partial charge in [0.1, 0.15) is 0 Å². The fraction of sp³-hybridized carbons (Fsp3) is 0.227. The number of benzene rings is 2. The van der Waals surface area contributed by atoms with E-state index in [4.69, 9.17) is 4.74 Å². The zero-order chi connectivity index (χ0) is 22.4. The van der Waals surface area contributed by atoms with Crippen molar-refractivity contribution in [2.24, 2.45) is 0 Å². The fourth-order valence-corrected chi connectivity index (χ4v) is 2.80. The third-order valence-corrected chi connectivity index (χ3v) is 4.03. The van der Waals surface area contributed by atoms with Crippen molar-refractivity contribution in [2.75, 3.05) is 6.61 Å². The molecule has 160 valence electrons. The van der Waals surface area contributed by atoms with E-state index in [9.17, 15) is 31.1 Å². The van der Waals surface area contributed by atoms with Crippen LogP contribution >= 0.6 is 0 Å². The number of halogens is 6. The Morgan fingerprint density at radius 3 is 1.77 bits per heavy atom. The Hall–Kier alpha value is -3.03. The molecule has 0 spiro atoms. The van der Waals surface area contributed by atoms with Crippen molar-refractivity contribution in [1.82, 2.24) is 0 Å². The summed E-state index contributed by atoms with van der Waals surface area (Å²) in [6, 6.07) is 8.80. The van der Waals surface area contributed by atoms with Crippen molar-refractivity contribution in [3.8, 4) is 0 Å². The molecule has 2 rings (SSSR count). The Bertz CT molecular complexity index is 880. The van der Waals surface area contributed by atoms with E-state index < -0.39 is 40.6 Å². The van der Waals surface area contributed by atoms with E-state index in [1.807, 2.05) is 0 Å². The van der Waals surface area contributed by atoms with Crippen LogP contribution in [0.1, 0.15) is 35.6 Å². The van der Waals surface area contributed by atoms with Gasteiger partial charge < -0.3 is 4.74 Å². The van der Waals surface area contributed by atoms with E-state index in [1.54, 1.807) is 6.92 Å². The molecule has 0 N–H and O–H groups in total. The number of ether oxygens (including phenoxy) is 1. The molecule has 0 aromatic heterocycles. The van der Waals surface area contributed by atoms with Crippen molar-refractivity contribution in [3.05, 3.63) is 89.0 Å². The summed E-state index contributed by atoms with van der Waals surface area (Å²) in [5.41, 5.74) is -3.19. The molecule has 0 saturated carbocycles. The predicted octanol–water partition coefficient (Wildman–Crippen LogP) is 6.67. The summed E-state index contributed by atoms with van der Waals surface area (Å²) < 4.78 is 85.8. The predicted molar refractivity (Wildman–Crippen MR) is 100 cm³/mol. The van der Waals surface area contributed by atoms with Crippen molar-refractivity contribution < 1.29 is 35.9 Å². The number of carbonyl (C=O) groups is 1. The van der Waals surface area contributed by atoms with Crippen LogP contribution in [0.2, 0.25) is 0 Å². The molecule has 0 fully saturated rings. The minimum atomic E-state index is -4.77.